The van der Waals surface area contributed by atoms with Crippen molar-refractivity contribution >= 4 is 33.2 Å². The van der Waals surface area contributed by atoms with Gasteiger partial charge in [-0.1, -0.05) is 29.8 Å². The van der Waals surface area contributed by atoms with Gasteiger partial charge in [-0.2, -0.15) is 0 Å². The topological polar surface area (TPSA) is 66.5 Å². The van der Waals surface area contributed by atoms with Gasteiger partial charge in [0.15, 0.2) is 0 Å². The van der Waals surface area contributed by atoms with Crippen molar-refractivity contribution in [3.05, 3.63) is 64.2 Å². The number of benzene rings is 2. The molecule has 150 valence electrons. The fourth-order valence-electron chi connectivity index (χ4n) is 3.53. The van der Waals surface area contributed by atoms with Gasteiger partial charge >= 0.3 is 0 Å². The van der Waals surface area contributed by atoms with E-state index in [2.05, 4.69) is 17.4 Å². The van der Waals surface area contributed by atoms with Crippen LogP contribution in [-0.2, 0) is 27.7 Å². The van der Waals surface area contributed by atoms with Crippen molar-refractivity contribution in [2.45, 2.75) is 38.6 Å². The molecule has 0 saturated heterocycles. The maximum atomic E-state index is 12.6. The zero-order valence-corrected chi connectivity index (χ0v) is 17.7. The Labute approximate surface area is 171 Å². The van der Waals surface area contributed by atoms with E-state index in [1.165, 1.54) is 24.0 Å². The summed E-state index contributed by atoms with van der Waals surface area (Å²) in [5, 5.41) is 3.42. The van der Waals surface area contributed by atoms with Crippen molar-refractivity contribution in [2.75, 3.05) is 17.1 Å². The number of carbonyl (C=O) groups is 1. The monoisotopic (exact) mass is 420 g/mol. The van der Waals surface area contributed by atoms with Crippen LogP contribution in [0.3, 0.4) is 0 Å². The van der Waals surface area contributed by atoms with Gasteiger partial charge in [-0.3, -0.25) is 9.10 Å². The first-order valence-electron chi connectivity index (χ1n) is 9.38. The Morgan fingerprint density at radius 3 is 2.39 bits per heavy atom. The molecule has 28 heavy (non-hydrogen) atoms. The van der Waals surface area contributed by atoms with Gasteiger partial charge in [0.2, 0.25) is 15.9 Å². The van der Waals surface area contributed by atoms with Crippen LogP contribution in [0.2, 0.25) is 5.02 Å². The molecule has 0 bridgehead atoms. The zero-order chi connectivity index (χ0) is 20.3. The number of amides is 1. The van der Waals surface area contributed by atoms with Gasteiger partial charge in [0.1, 0.15) is 6.54 Å². The molecular formula is C21H25ClN2O3S. The minimum Gasteiger partial charge on any atom is -0.348 e. The molecular weight excluding hydrogens is 396 g/mol. The van der Waals surface area contributed by atoms with Crippen LogP contribution in [0.5, 0.6) is 0 Å². The number of anilines is 1. The van der Waals surface area contributed by atoms with Crippen LogP contribution < -0.4 is 9.62 Å². The quantitative estimate of drug-likeness (QED) is 0.771. The third kappa shape index (κ3) is 5.06. The number of hydrogen-bond donors (Lipinski definition) is 1. The minimum atomic E-state index is -3.61. The van der Waals surface area contributed by atoms with Gasteiger partial charge in [-0.05, 0) is 73.6 Å². The zero-order valence-electron chi connectivity index (χ0n) is 16.1. The molecule has 0 radical (unpaired) electrons. The molecule has 2 aromatic carbocycles. The van der Waals surface area contributed by atoms with E-state index in [0.29, 0.717) is 10.7 Å². The maximum Gasteiger partial charge on any atom is 0.241 e. The summed E-state index contributed by atoms with van der Waals surface area (Å²) < 4.78 is 25.4. The Balaban J connectivity index is 1.71. The number of halogens is 1. The summed E-state index contributed by atoms with van der Waals surface area (Å²) in [6.07, 6.45) is 5.69. The van der Waals surface area contributed by atoms with Crippen LogP contribution in [0, 0.1) is 0 Å². The van der Waals surface area contributed by atoms with E-state index in [1.54, 1.807) is 24.3 Å². The Morgan fingerprint density at radius 1 is 1.11 bits per heavy atom. The van der Waals surface area contributed by atoms with Crippen LogP contribution in [0.4, 0.5) is 5.69 Å². The lowest BCUT2D eigenvalue weighted by Gasteiger charge is -2.24. The smallest absolute Gasteiger partial charge is 0.241 e. The third-order valence-electron chi connectivity index (χ3n) is 5.05. The lowest BCUT2D eigenvalue weighted by atomic mass is 9.89. The van der Waals surface area contributed by atoms with E-state index in [9.17, 15) is 13.2 Å². The van der Waals surface area contributed by atoms with Gasteiger partial charge < -0.3 is 5.32 Å². The fraction of sp³-hybridized carbons (Fsp3) is 0.381. The van der Waals surface area contributed by atoms with Crippen molar-refractivity contribution in [3.63, 3.8) is 0 Å². The number of nitrogens with one attached hydrogen (secondary N) is 1. The minimum absolute atomic E-state index is 0.202. The van der Waals surface area contributed by atoms with Gasteiger partial charge in [-0.15, -0.1) is 0 Å². The number of sulfonamides is 1. The standard InChI is InChI=1S/C21H25ClN2O3S/c1-15(17-8-7-16-5-3-4-6-18(16)13-17)23-21(25)14-24(28(2,26)27)20-11-9-19(22)10-12-20/h7-13,15H,3-6,14H2,1-2H3,(H,23,25)/t15-/m0/s1. The molecule has 0 unspecified atom stereocenters. The molecule has 0 aliphatic heterocycles. The van der Waals surface area contributed by atoms with E-state index >= 15 is 0 Å². The van der Waals surface area contributed by atoms with Crippen molar-refractivity contribution in [2.24, 2.45) is 0 Å². The highest BCUT2D eigenvalue weighted by Crippen LogP contribution is 2.25. The Kier molecular flexibility index (Phi) is 6.30. The first kappa shape index (κ1) is 20.7. The normalized spacial score (nSPS) is 14.8. The van der Waals surface area contributed by atoms with E-state index in [4.69, 9.17) is 11.6 Å². The average Bonchev–Trinajstić information content (AvgIpc) is 2.65. The van der Waals surface area contributed by atoms with Crippen molar-refractivity contribution in [1.29, 1.82) is 0 Å². The van der Waals surface area contributed by atoms with E-state index in [-0.39, 0.29) is 18.5 Å². The van der Waals surface area contributed by atoms with Gasteiger partial charge in [0, 0.05) is 5.02 Å². The molecule has 1 N–H and O–H groups in total. The summed E-state index contributed by atoms with van der Waals surface area (Å²) in [7, 11) is -3.61. The summed E-state index contributed by atoms with van der Waals surface area (Å²) in [6.45, 7) is 1.63. The van der Waals surface area contributed by atoms with Crippen LogP contribution in [0.25, 0.3) is 0 Å². The van der Waals surface area contributed by atoms with Gasteiger partial charge in [0.25, 0.3) is 0 Å². The van der Waals surface area contributed by atoms with Crippen LogP contribution in [-0.4, -0.2) is 27.1 Å². The molecule has 0 fully saturated rings. The summed E-state index contributed by atoms with van der Waals surface area (Å²) in [6, 6.07) is 12.5. The van der Waals surface area contributed by atoms with Crippen molar-refractivity contribution in [3.8, 4) is 0 Å². The third-order valence-corrected chi connectivity index (χ3v) is 6.44. The second-order valence-corrected chi connectivity index (χ2v) is 9.61. The van der Waals surface area contributed by atoms with Gasteiger partial charge in [-0.25, -0.2) is 8.42 Å². The number of aryl methyl sites for hydroxylation is 2. The molecule has 1 aliphatic rings. The number of rotatable bonds is 6. The highest BCUT2D eigenvalue weighted by Gasteiger charge is 2.22. The molecule has 0 spiro atoms. The average molecular weight is 421 g/mol. The SMILES string of the molecule is C[C@H](NC(=O)CN(c1ccc(Cl)cc1)S(C)(=O)=O)c1ccc2c(c1)CCCC2. The molecule has 1 amide bonds. The molecule has 3 rings (SSSR count). The van der Waals surface area contributed by atoms with E-state index in [1.807, 2.05) is 13.0 Å². The summed E-state index contributed by atoms with van der Waals surface area (Å²) in [4.78, 5) is 12.6. The molecule has 0 heterocycles. The molecule has 2 aromatic rings. The Hall–Kier alpha value is -2.05. The van der Waals surface area contributed by atoms with E-state index < -0.39 is 10.0 Å². The molecule has 1 aliphatic carbocycles. The van der Waals surface area contributed by atoms with Crippen LogP contribution >= 0.6 is 11.6 Å². The second kappa shape index (κ2) is 8.53. The van der Waals surface area contributed by atoms with Crippen molar-refractivity contribution in [1.82, 2.24) is 5.32 Å². The molecule has 1 atom stereocenters. The molecule has 0 aromatic heterocycles. The maximum absolute atomic E-state index is 12.6. The highest BCUT2D eigenvalue weighted by molar-refractivity contribution is 7.92. The number of fused-ring (bicyclic) bond motifs is 1. The van der Waals surface area contributed by atoms with Crippen LogP contribution in [0.15, 0.2) is 42.5 Å². The largest absolute Gasteiger partial charge is 0.348 e. The predicted octanol–water partition coefficient (Wildman–Crippen LogP) is 3.86. The lowest BCUT2D eigenvalue weighted by Crippen LogP contribution is -2.41. The van der Waals surface area contributed by atoms with Crippen LogP contribution in [0.1, 0.15) is 42.5 Å². The molecule has 0 saturated carbocycles. The first-order chi connectivity index (χ1) is 13.2. The number of hydrogen-bond acceptors (Lipinski definition) is 3. The highest BCUT2D eigenvalue weighted by atomic mass is 35.5. The number of carbonyl (C=O) groups excluding carboxylic acids is 1. The Morgan fingerprint density at radius 2 is 1.75 bits per heavy atom. The summed E-state index contributed by atoms with van der Waals surface area (Å²) in [5.41, 5.74) is 4.18. The van der Waals surface area contributed by atoms with Gasteiger partial charge in [0.05, 0.1) is 18.0 Å². The molecule has 7 heteroatoms. The van der Waals surface area contributed by atoms with E-state index in [0.717, 1.165) is 29.0 Å². The lowest BCUT2D eigenvalue weighted by molar-refractivity contribution is -0.120. The second-order valence-electron chi connectivity index (χ2n) is 7.27. The summed E-state index contributed by atoms with van der Waals surface area (Å²) >= 11 is 5.88. The Bertz CT molecular complexity index is 958. The first-order valence-corrected chi connectivity index (χ1v) is 11.6. The summed E-state index contributed by atoms with van der Waals surface area (Å²) in [5.74, 6) is -0.356. The van der Waals surface area contributed by atoms with Crippen molar-refractivity contribution < 1.29 is 13.2 Å². The predicted molar refractivity (Wildman–Crippen MR) is 113 cm³/mol. The molecule has 5 nitrogen and oxygen atoms in total. The number of nitrogens with zero attached hydrogens (tertiary/aromatic N) is 1. The fourth-order valence-corrected chi connectivity index (χ4v) is 4.51.